The minimum Gasteiger partial charge on any atom is -0.333 e. The predicted octanol–water partition coefficient (Wildman–Crippen LogP) is 2.65. The van der Waals surface area contributed by atoms with Gasteiger partial charge in [0.1, 0.15) is 0 Å². The Morgan fingerprint density at radius 3 is 2.81 bits per heavy atom. The number of carbonyl (C=O) groups is 2. The third-order valence-electron chi connectivity index (χ3n) is 5.06. The molecule has 1 fully saturated rings. The third kappa shape index (κ3) is 4.54. The molecule has 1 aromatic heterocycles. The minimum atomic E-state index is -0.155. The topological polar surface area (TPSA) is 65.5 Å². The normalized spacial score (nSPS) is 17.6. The summed E-state index contributed by atoms with van der Waals surface area (Å²) < 4.78 is 0. The molecule has 1 N–H and O–H groups in total. The standard InChI is InChI=1S/C20H24N4O2S/c25-18(14-24-10-5-4-8-19(24)26)22-20-21-16-9-11-23(13-17(16)27-20)12-15-6-2-1-3-7-15/h1-3,6-7H,4-5,8-14H2,(H,21,22,25). The molecule has 1 aromatic carbocycles. The molecule has 142 valence electrons. The Morgan fingerprint density at radius 2 is 2.00 bits per heavy atom. The van der Waals surface area contributed by atoms with E-state index >= 15 is 0 Å². The zero-order valence-electron chi connectivity index (χ0n) is 15.3. The van der Waals surface area contributed by atoms with Crippen molar-refractivity contribution in [3.63, 3.8) is 0 Å². The lowest BCUT2D eigenvalue weighted by Crippen LogP contribution is -2.40. The van der Waals surface area contributed by atoms with Gasteiger partial charge in [0, 0.05) is 43.9 Å². The van der Waals surface area contributed by atoms with Gasteiger partial charge < -0.3 is 10.2 Å². The van der Waals surface area contributed by atoms with Crippen LogP contribution in [0.15, 0.2) is 30.3 Å². The van der Waals surface area contributed by atoms with Crippen LogP contribution in [-0.2, 0) is 29.1 Å². The van der Waals surface area contributed by atoms with Gasteiger partial charge in [0.2, 0.25) is 11.8 Å². The average Bonchev–Trinajstić information content (AvgIpc) is 3.06. The highest BCUT2D eigenvalue weighted by Gasteiger charge is 2.23. The Balaban J connectivity index is 1.34. The largest absolute Gasteiger partial charge is 0.333 e. The van der Waals surface area contributed by atoms with Crippen LogP contribution in [0.2, 0.25) is 0 Å². The van der Waals surface area contributed by atoms with Crippen LogP contribution in [0.25, 0.3) is 0 Å². The Hall–Kier alpha value is -2.25. The molecule has 0 bridgehead atoms. The molecule has 2 aliphatic rings. The monoisotopic (exact) mass is 384 g/mol. The fourth-order valence-corrected chi connectivity index (χ4v) is 4.71. The molecule has 0 atom stereocenters. The summed E-state index contributed by atoms with van der Waals surface area (Å²) in [6, 6.07) is 10.5. The summed E-state index contributed by atoms with van der Waals surface area (Å²) in [6.45, 7) is 3.57. The summed E-state index contributed by atoms with van der Waals surface area (Å²) in [5.74, 6) is -0.0797. The molecule has 0 aliphatic carbocycles. The molecule has 0 radical (unpaired) electrons. The Kier molecular flexibility index (Phi) is 5.50. The van der Waals surface area contributed by atoms with Crippen molar-refractivity contribution in [1.29, 1.82) is 0 Å². The Morgan fingerprint density at radius 1 is 1.15 bits per heavy atom. The molecule has 27 heavy (non-hydrogen) atoms. The van der Waals surface area contributed by atoms with Gasteiger partial charge in [-0.1, -0.05) is 30.3 Å². The van der Waals surface area contributed by atoms with Gasteiger partial charge in [-0.3, -0.25) is 14.5 Å². The van der Waals surface area contributed by atoms with Crippen molar-refractivity contribution in [3.8, 4) is 0 Å². The van der Waals surface area contributed by atoms with Crippen LogP contribution in [0, 0.1) is 0 Å². The van der Waals surface area contributed by atoms with Gasteiger partial charge in [0.25, 0.3) is 0 Å². The van der Waals surface area contributed by atoms with Crippen molar-refractivity contribution in [2.45, 2.75) is 38.8 Å². The van der Waals surface area contributed by atoms with Gasteiger partial charge >= 0.3 is 0 Å². The number of nitrogens with zero attached hydrogens (tertiary/aromatic N) is 3. The first kappa shape index (κ1) is 18.1. The number of piperidine rings is 1. The fourth-order valence-electron chi connectivity index (χ4n) is 3.64. The van der Waals surface area contributed by atoms with Gasteiger partial charge in [-0.2, -0.15) is 0 Å². The molecular weight excluding hydrogens is 360 g/mol. The van der Waals surface area contributed by atoms with Crippen LogP contribution in [0.4, 0.5) is 5.13 Å². The highest BCUT2D eigenvalue weighted by Crippen LogP contribution is 2.29. The van der Waals surface area contributed by atoms with Crippen molar-refractivity contribution >= 4 is 28.3 Å². The van der Waals surface area contributed by atoms with E-state index in [-0.39, 0.29) is 18.4 Å². The average molecular weight is 385 g/mol. The van der Waals surface area contributed by atoms with Crippen molar-refractivity contribution in [2.75, 3.05) is 25.0 Å². The van der Waals surface area contributed by atoms with E-state index in [1.54, 1.807) is 16.2 Å². The van der Waals surface area contributed by atoms with E-state index in [2.05, 4.69) is 39.5 Å². The molecule has 3 heterocycles. The van der Waals surface area contributed by atoms with Crippen LogP contribution >= 0.6 is 11.3 Å². The quantitative estimate of drug-likeness (QED) is 0.861. The van der Waals surface area contributed by atoms with Crippen LogP contribution in [-0.4, -0.2) is 46.2 Å². The molecule has 4 rings (SSSR count). The number of aromatic nitrogens is 1. The number of thiazole rings is 1. The predicted molar refractivity (Wildman–Crippen MR) is 105 cm³/mol. The number of benzene rings is 1. The molecule has 7 heteroatoms. The van der Waals surface area contributed by atoms with Gasteiger partial charge in [-0.25, -0.2) is 4.98 Å². The third-order valence-corrected chi connectivity index (χ3v) is 6.06. The maximum Gasteiger partial charge on any atom is 0.245 e. The van der Waals surface area contributed by atoms with Crippen molar-refractivity contribution < 1.29 is 9.59 Å². The second-order valence-electron chi connectivity index (χ2n) is 7.16. The van der Waals surface area contributed by atoms with Crippen LogP contribution in [0.5, 0.6) is 0 Å². The summed E-state index contributed by atoms with van der Waals surface area (Å²) in [5.41, 5.74) is 2.40. The molecular formula is C20H24N4O2S. The van der Waals surface area contributed by atoms with E-state index in [1.807, 2.05) is 6.07 Å². The lowest BCUT2D eigenvalue weighted by atomic mass is 10.1. The summed E-state index contributed by atoms with van der Waals surface area (Å²) >= 11 is 1.55. The molecule has 2 aromatic rings. The fraction of sp³-hybridized carbons (Fsp3) is 0.450. The number of hydrogen-bond acceptors (Lipinski definition) is 5. The van der Waals surface area contributed by atoms with Crippen molar-refractivity contribution in [3.05, 3.63) is 46.5 Å². The van der Waals surface area contributed by atoms with E-state index in [9.17, 15) is 9.59 Å². The highest BCUT2D eigenvalue weighted by atomic mass is 32.1. The number of anilines is 1. The van der Waals surface area contributed by atoms with Crippen LogP contribution in [0.3, 0.4) is 0 Å². The zero-order valence-corrected chi connectivity index (χ0v) is 16.1. The van der Waals surface area contributed by atoms with Crippen LogP contribution < -0.4 is 5.32 Å². The van der Waals surface area contributed by atoms with E-state index in [4.69, 9.17) is 0 Å². The SMILES string of the molecule is O=C(CN1CCCCC1=O)Nc1nc2c(s1)CN(Cc1ccccc1)CC2. The van der Waals surface area contributed by atoms with Crippen molar-refractivity contribution in [2.24, 2.45) is 0 Å². The van der Waals surface area contributed by atoms with Gasteiger partial charge in [-0.15, -0.1) is 11.3 Å². The lowest BCUT2D eigenvalue weighted by Gasteiger charge is -2.25. The second-order valence-corrected chi connectivity index (χ2v) is 8.24. The molecule has 2 amide bonds. The maximum absolute atomic E-state index is 12.3. The molecule has 0 saturated carbocycles. The summed E-state index contributed by atoms with van der Waals surface area (Å²) in [4.78, 5) is 34.0. The maximum atomic E-state index is 12.3. The van der Waals surface area contributed by atoms with Crippen LogP contribution in [0.1, 0.15) is 35.4 Å². The first-order valence-electron chi connectivity index (χ1n) is 9.50. The lowest BCUT2D eigenvalue weighted by molar-refractivity contribution is -0.136. The smallest absolute Gasteiger partial charge is 0.245 e. The number of nitrogens with one attached hydrogen (secondary N) is 1. The number of amides is 2. The van der Waals surface area contributed by atoms with Gasteiger partial charge in [0.05, 0.1) is 12.2 Å². The van der Waals surface area contributed by atoms with E-state index < -0.39 is 0 Å². The van der Waals surface area contributed by atoms with Gasteiger partial charge in [-0.05, 0) is 18.4 Å². The Labute approximate surface area is 163 Å². The second kappa shape index (κ2) is 8.19. The molecule has 2 aliphatic heterocycles. The van der Waals surface area contributed by atoms with Gasteiger partial charge in [0.15, 0.2) is 5.13 Å². The highest BCUT2D eigenvalue weighted by molar-refractivity contribution is 7.15. The minimum absolute atomic E-state index is 0.0754. The number of carbonyl (C=O) groups excluding carboxylic acids is 2. The van der Waals surface area contributed by atoms with E-state index in [0.717, 1.165) is 44.6 Å². The van der Waals surface area contributed by atoms with Crippen molar-refractivity contribution in [1.82, 2.24) is 14.8 Å². The number of rotatable bonds is 5. The molecule has 0 spiro atoms. The molecule has 6 nitrogen and oxygen atoms in total. The summed E-state index contributed by atoms with van der Waals surface area (Å²) in [5, 5.41) is 3.54. The molecule has 1 saturated heterocycles. The summed E-state index contributed by atoms with van der Waals surface area (Å²) in [6.07, 6.45) is 3.35. The Bertz CT molecular complexity index is 821. The number of fused-ring (bicyclic) bond motifs is 1. The number of likely N-dealkylation sites (tertiary alicyclic amines) is 1. The zero-order chi connectivity index (χ0) is 18.6. The number of hydrogen-bond donors (Lipinski definition) is 1. The van der Waals surface area contributed by atoms with E-state index in [0.29, 0.717) is 18.1 Å². The molecule has 0 unspecified atom stereocenters. The van der Waals surface area contributed by atoms with E-state index in [1.165, 1.54) is 10.4 Å². The summed E-state index contributed by atoms with van der Waals surface area (Å²) in [7, 11) is 0. The first-order chi connectivity index (χ1) is 13.2. The first-order valence-corrected chi connectivity index (χ1v) is 10.3.